The van der Waals surface area contributed by atoms with Gasteiger partial charge in [0.25, 0.3) is 0 Å². The van der Waals surface area contributed by atoms with Gasteiger partial charge < -0.3 is 9.84 Å². The SMILES string of the molecule is C[C@]12CCC(=O)O[C@@H]1CC[C@@H]1[C@@H]2CC[C@@]2(C)[C@H]1CC[C@]2(C)O. The van der Waals surface area contributed by atoms with Crippen LogP contribution in [0.4, 0.5) is 0 Å². The van der Waals surface area contributed by atoms with Crippen LogP contribution < -0.4 is 0 Å². The first-order valence-corrected chi connectivity index (χ1v) is 9.20. The lowest BCUT2D eigenvalue weighted by molar-refractivity contribution is -0.197. The summed E-state index contributed by atoms with van der Waals surface area (Å²) < 4.78 is 5.73. The van der Waals surface area contributed by atoms with Gasteiger partial charge in [0, 0.05) is 11.8 Å². The van der Waals surface area contributed by atoms with Crippen LogP contribution in [0.1, 0.15) is 72.1 Å². The highest BCUT2D eigenvalue weighted by molar-refractivity contribution is 5.70. The lowest BCUT2D eigenvalue weighted by atomic mass is 9.47. The van der Waals surface area contributed by atoms with Gasteiger partial charge in [0.2, 0.25) is 0 Å². The highest BCUT2D eigenvalue weighted by atomic mass is 16.5. The van der Waals surface area contributed by atoms with Gasteiger partial charge in [0.15, 0.2) is 0 Å². The van der Waals surface area contributed by atoms with Gasteiger partial charge in [-0.05, 0) is 75.0 Å². The van der Waals surface area contributed by atoms with Crippen molar-refractivity contribution in [1.29, 1.82) is 0 Å². The second kappa shape index (κ2) is 4.49. The summed E-state index contributed by atoms with van der Waals surface area (Å²) in [7, 11) is 0. The normalized spacial score (nSPS) is 57.5. The molecular formula is C19H30O3. The Kier molecular flexibility index (Phi) is 3.06. The highest BCUT2D eigenvalue weighted by Crippen LogP contribution is 2.66. The summed E-state index contributed by atoms with van der Waals surface area (Å²) in [6.45, 7) is 6.76. The summed E-state index contributed by atoms with van der Waals surface area (Å²) in [5.41, 5.74) is -0.241. The van der Waals surface area contributed by atoms with E-state index < -0.39 is 5.60 Å². The molecule has 0 aromatic carbocycles. The molecule has 22 heavy (non-hydrogen) atoms. The molecule has 1 aliphatic heterocycles. The fourth-order valence-corrected chi connectivity index (χ4v) is 6.79. The molecule has 4 aliphatic rings. The number of rotatable bonds is 0. The first-order valence-electron chi connectivity index (χ1n) is 9.20. The van der Waals surface area contributed by atoms with Crippen molar-refractivity contribution >= 4 is 5.97 Å². The van der Waals surface area contributed by atoms with Gasteiger partial charge in [0.1, 0.15) is 6.10 Å². The summed E-state index contributed by atoms with van der Waals surface area (Å²) in [5.74, 6) is 2.04. The molecular weight excluding hydrogens is 276 g/mol. The monoisotopic (exact) mass is 306 g/mol. The minimum absolute atomic E-state index is 0.00497. The molecule has 3 aliphatic carbocycles. The number of hydrogen-bond acceptors (Lipinski definition) is 3. The van der Waals surface area contributed by atoms with Gasteiger partial charge in [-0.25, -0.2) is 0 Å². The Bertz CT molecular complexity index is 499. The van der Waals surface area contributed by atoms with Crippen molar-refractivity contribution in [3.05, 3.63) is 0 Å². The van der Waals surface area contributed by atoms with E-state index in [1.165, 1.54) is 19.3 Å². The maximum absolute atomic E-state index is 11.7. The van der Waals surface area contributed by atoms with Crippen LogP contribution >= 0.6 is 0 Å². The van der Waals surface area contributed by atoms with Crippen LogP contribution in [0.2, 0.25) is 0 Å². The number of ether oxygens (including phenoxy) is 1. The minimum Gasteiger partial charge on any atom is -0.462 e. The Hall–Kier alpha value is -0.570. The number of carbonyl (C=O) groups is 1. The molecule has 0 radical (unpaired) electrons. The zero-order chi connectivity index (χ0) is 15.8. The van der Waals surface area contributed by atoms with Crippen LogP contribution in [0.25, 0.3) is 0 Å². The van der Waals surface area contributed by atoms with Crippen LogP contribution in [0.5, 0.6) is 0 Å². The van der Waals surface area contributed by atoms with E-state index in [9.17, 15) is 9.90 Å². The number of aliphatic hydroxyl groups is 1. The van der Waals surface area contributed by atoms with Crippen LogP contribution in [0.15, 0.2) is 0 Å². The smallest absolute Gasteiger partial charge is 0.306 e. The van der Waals surface area contributed by atoms with E-state index in [0.29, 0.717) is 24.2 Å². The molecule has 0 unspecified atom stereocenters. The first kappa shape index (κ1) is 15.0. The summed E-state index contributed by atoms with van der Waals surface area (Å²) in [6, 6.07) is 0. The second-order valence-electron chi connectivity index (χ2n) is 9.21. The summed E-state index contributed by atoms with van der Waals surface area (Å²) >= 11 is 0. The molecule has 1 saturated heterocycles. The molecule has 124 valence electrons. The average molecular weight is 306 g/mol. The largest absolute Gasteiger partial charge is 0.462 e. The van der Waals surface area contributed by atoms with Gasteiger partial charge in [0.05, 0.1) is 5.60 Å². The Balaban J connectivity index is 1.65. The van der Waals surface area contributed by atoms with E-state index >= 15 is 0 Å². The van der Waals surface area contributed by atoms with Crippen molar-refractivity contribution in [3.8, 4) is 0 Å². The molecule has 0 spiro atoms. The fraction of sp³-hybridized carbons (Fsp3) is 0.947. The Labute approximate surface area is 133 Å². The van der Waals surface area contributed by atoms with Crippen molar-refractivity contribution in [2.24, 2.45) is 28.6 Å². The van der Waals surface area contributed by atoms with Gasteiger partial charge in [-0.1, -0.05) is 13.8 Å². The quantitative estimate of drug-likeness (QED) is 0.694. The van der Waals surface area contributed by atoms with Crippen LogP contribution in [-0.4, -0.2) is 22.8 Å². The van der Waals surface area contributed by atoms with Crippen LogP contribution in [0, 0.1) is 28.6 Å². The van der Waals surface area contributed by atoms with Gasteiger partial charge in [-0.3, -0.25) is 4.79 Å². The van der Waals surface area contributed by atoms with Crippen molar-refractivity contribution in [2.75, 3.05) is 0 Å². The van der Waals surface area contributed by atoms with Crippen molar-refractivity contribution in [2.45, 2.75) is 83.8 Å². The molecule has 3 nitrogen and oxygen atoms in total. The van der Waals surface area contributed by atoms with E-state index in [0.717, 1.165) is 25.7 Å². The predicted molar refractivity (Wildman–Crippen MR) is 84.1 cm³/mol. The zero-order valence-corrected chi connectivity index (χ0v) is 14.2. The van der Waals surface area contributed by atoms with Gasteiger partial charge in [-0.15, -0.1) is 0 Å². The first-order chi connectivity index (χ1) is 10.3. The molecule has 1 N–H and O–H groups in total. The average Bonchev–Trinajstić information content (AvgIpc) is 2.70. The minimum atomic E-state index is -0.501. The molecule has 4 fully saturated rings. The summed E-state index contributed by atoms with van der Waals surface area (Å²) in [6.07, 6.45) is 8.37. The van der Waals surface area contributed by atoms with E-state index in [1.807, 2.05) is 0 Å². The number of carbonyl (C=O) groups excluding carboxylic acids is 1. The molecule has 0 aromatic heterocycles. The number of esters is 1. The molecule has 0 amide bonds. The van der Waals surface area contributed by atoms with E-state index in [2.05, 4.69) is 20.8 Å². The van der Waals surface area contributed by atoms with E-state index in [-0.39, 0.29) is 22.9 Å². The van der Waals surface area contributed by atoms with Gasteiger partial charge >= 0.3 is 5.97 Å². The maximum Gasteiger partial charge on any atom is 0.306 e. The Morgan fingerprint density at radius 1 is 1.00 bits per heavy atom. The number of hydrogen-bond donors (Lipinski definition) is 1. The summed E-state index contributed by atoms with van der Waals surface area (Å²) in [4.78, 5) is 11.7. The van der Waals surface area contributed by atoms with Gasteiger partial charge in [-0.2, -0.15) is 0 Å². The van der Waals surface area contributed by atoms with Crippen molar-refractivity contribution < 1.29 is 14.6 Å². The lowest BCUT2D eigenvalue weighted by Crippen LogP contribution is -2.58. The van der Waals surface area contributed by atoms with Crippen molar-refractivity contribution in [1.82, 2.24) is 0 Å². The molecule has 4 rings (SSSR count). The highest BCUT2D eigenvalue weighted by Gasteiger charge is 2.63. The zero-order valence-electron chi connectivity index (χ0n) is 14.2. The molecule has 3 saturated carbocycles. The van der Waals surface area contributed by atoms with E-state index in [4.69, 9.17) is 4.74 Å². The molecule has 7 atom stereocenters. The maximum atomic E-state index is 11.7. The Morgan fingerprint density at radius 3 is 2.50 bits per heavy atom. The molecule has 0 aromatic rings. The predicted octanol–water partition coefficient (Wildman–Crippen LogP) is 3.69. The summed E-state index contributed by atoms with van der Waals surface area (Å²) in [5, 5.41) is 10.9. The Morgan fingerprint density at radius 2 is 1.73 bits per heavy atom. The second-order valence-corrected chi connectivity index (χ2v) is 9.21. The number of fused-ring (bicyclic) bond motifs is 5. The molecule has 1 heterocycles. The molecule has 0 bridgehead atoms. The third-order valence-corrected chi connectivity index (χ3v) is 8.49. The third-order valence-electron chi connectivity index (χ3n) is 8.49. The lowest BCUT2D eigenvalue weighted by Gasteiger charge is -2.60. The standard InChI is InChI=1S/C19H30O3/c1-17-9-8-16(20)22-15(17)5-4-12-13(17)6-10-18(2)14(12)7-11-19(18,3)21/h12-15,21H,4-11H2,1-3H3/t12-,13+,14+,15-,17-,18+,19+/m1/s1. The topological polar surface area (TPSA) is 46.5 Å². The third kappa shape index (κ3) is 1.75. The van der Waals surface area contributed by atoms with Crippen molar-refractivity contribution in [3.63, 3.8) is 0 Å². The van der Waals surface area contributed by atoms with Crippen LogP contribution in [0.3, 0.4) is 0 Å². The van der Waals surface area contributed by atoms with Crippen LogP contribution in [-0.2, 0) is 9.53 Å². The van der Waals surface area contributed by atoms with E-state index in [1.54, 1.807) is 0 Å². The fourth-order valence-electron chi connectivity index (χ4n) is 6.79. The molecule has 3 heteroatoms.